The molecule has 1 N–H and O–H groups in total. The molecule has 21 heavy (non-hydrogen) atoms. The molecule has 0 bridgehead atoms. The highest BCUT2D eigenvalue weighted by molar-refractivity contribution is 5.23. The molecule has 3 nitrogen and oxygen atoms in total. The molecule has 0 atom stereocenters. The Kier molecular flexibility index (Phi) is 6.68. The van der Waals surface area contributed by atoms with Gasteiger partial charge in [0.25, 0.3) is 0 Å². The zero-order chi connectivity index (χ0) is 15.1. The first-order chi connectivity index (χ1) is 10.2. The molecule has 0 unspecified atom stereocenters. The van der Waals surface area contributed by atoms with Gasteiger partial charge >= 0.3 is 0 Å². The number of likely N-dealkylation sites (N-methyl/N-ethyl adjacent to an activating group) is 1. The first-order valence-electron chi connectivity index (χ1n) is 8.40. The van der Waals surface area contributed by atoms with Crippen molar-refractivity contribution < 1.29 is 0 Å². The molecule has 1 aromatic rings. The highest BCUT2D eigenvalue weighted by Crippen LogP contribution is 2.11. The molecule has 1 fully saturated rings. The maximum absolute atomic E-state index is 3.53. The van der Waals surface area contributed by atoms with E-state index in [0.717, 1.165) is 19.6 Å². The summed E-state index contributed by atoms with van der Waals surface area (Å²) in [5.74, 6) is 0.711. The second-order valence-electron chi connectivity index (χ2n) is 6.56. The lowest BCUT2D eigenvalue weighted by Gasteiger charge is -2.34. The van der Waals surface area contributed by atoms with E-state index in [4.69, 9.17) is 0 Å². The minimum Gasteiger partial charge on any atom is -0.312 e. The third-order valence-electron chi connectivity index (χ3n) is 4.19. The first kappa shape index (κ1) is 16.5. The summed E-state index contributed by atoms with van der Waals surface area (Å²) in [6, 6.07) is 9.05. The van der Waals surface area contributed by atoms with Crippen LogP contribution in [0.2, 0.25) is 0 Å². The minimum absolute atomic E-state index is 0.711. The van der Waals surface area contributed by atoms with Crippen LogP contribution >= 0.6 is 0 Å². The second-order valence-corrected chi connectivity index (χ2v) is 6.56. The number of nitrogens with zero attached hydrogens (tertiary/aromatic N) is 2. The monoisotopic (exact) mass is 289 g/mol. The Hall–Kier alpha value is -0.900. The molecule has 2 rings (SSSR count). The van der Waals surface area contributed by atoms with Crippen molar-refractivity contribution >= 4 is 0 Å². The summed E-state index contributed by atoms with van der Waals surface area (Å²) in [6.07, 6.45) is 0. The number of hydrogen-bond acceptors (Lipinski definition) is 3. The predicted octanol–water partition coefficient (Wildman–Crippen LogP) is 2.57. The Labute approximate surface area is 130 Å². The van der Waals surface area contributed by atoms with Crippen molar-refractivity contribution in [3.63, 3.8) is 0 Å². The van der Waals surface area contributed by atoms with E-state index in [-0.39, 0.29) is 0 Å². The Bertz CT molecular complexity index is 409. The van der Waals surface area contributed by atoms with Gasteiger partial charge in [0.15, 0.2) is 0 Å². The van der Waals surface area contributed by atoms with Crippen LogP contribution in [0.25, 0.3) is 0 Å². The fourth-order valence-electron chi connectivity index (χ4n) is 2.86. The van der Waals surface area contributed by atoms with Crippen LogP contribution < -0.4 is 5.32 Å². The van der Waals surface area contributed by atoms with Crippen LogP contribution in [-0.4, -0.2) is 49.1 Å². The first-order valence-corrected chi connectivity index (χ1v) is 8.40. The molecule has 3 heteroatoms. The van der Waals surface area contributed by atoms with E-state index >= 15 is 0 Å². The van der Waals surface area contributed by atoms with Crippen molar-refractivity contribution in [2.75, 3.05) is 39.3 Å². The summed E-state index contributed by atoms with van der Waals surface area (Å²) >= 11 is 0. The summed E-state index contributed by atoms with van der Waals surface area (Å²) in [7, 11) is 0. The number of hydrogen-bond donors (Lipinski definition) is 1. The smallest absolute Gasteiger partial charge is 0.0234 e. The SMILES string of the molecule is CCN1CCN(Cc2cccc(CNCC(C)C)c2)CC1. The van der Waals surface area contributed by atoms with E-state index in [9.17, 15) is 0 Å². The Balaban J connectivity index is 1.81. The molecule has 1 aliphatic heterocycles. The van der Waals surface area contributed by atoms with Crippen LogP contribution in [0.3, 0.4) is 0 Å². The predicted molar refractivity (Wildman–Crippen MR) is 90.4 cm³/mol. The molecule has 1 heterocycles. The average molecular weight is 289 g/mol. The minimum atomic E-state index is 0.711. The summed E-state index contributed by atoms with van der Waals surface area (Å²) in [4.78, 5) is 5.11. The lowest BCUT2D eigenvalue weighted by atomic mass is 10.1. The summed E-state index contributed by atoms with van der Waals surface area (Å²) < 4.78 is 0. The van der Waals surface area contributed by atoms with Gasteiger partial charge in [0.05, 0.1) is 0 Å². The van der Waals surface area contributed by atoms with Crippen LogP contribution in [0.15, 0.2) is 24.3 Å². The van der Waals surface area contributed by atoms with Crippen LogP contribution in [-0.2, 0) is 13.1 Å². The highest BCUT2D eigenvalue weighted by atomic mass is 15.3. The van der Waals surface area contributed by atoms with Crippen molar-refractivity contribution in [2.45, 2.75) is 33.9 Å². The van der Waals surface area contributed by atoms with Gasteiger partial charge < -0.3 is 10.2 Å². The molecule has 1 aliphatic rings. The molecule has 0 radical (unpaired) electrons. The second kappa shape index (κ2) is 8.52. The molecule has 0 saturated carbocycles. The van der Waals surface area contributed by atoms with Gasteiger partial charge in [-0.05, 0) is 30.1 Å². The number of rotatable bonds is 7. The molecular weight excluding hydrogens is 258 g/mol. The van der Waals surface area contributed by atoms with Crippen molar-refractivity contribution in [2.24, 2.45) is 5.92 Å². The van der Waals surface area contributed by atoms with Gasteiger partial charge in [0, 0.05) is 39.3 Å². The van der Waals surface area contributed by atoms with Gasteiger partial charge in [0.2, 0.25) is 0 Å². The van der Waals surface area contributed by atoms with E-state index in [1.165, 1.54) is 43.9 Å². The van der Waals surface area contributed by atoms with E-state index < -0.39 is 0 Å². The summed E-state index contributed by atoms with van der Waals surface area (Å²) in [5, 5.41) is 3.53. The third-order valence-corrected chi connectivity index (χ3v) is 4.19. The molecule has 1 saturated heterocycles. The van der Waals surface area contributed by atoms with Crippen LogP contribution in [0.5, 0.6) is 0 Å². The van der Waals surface area contributed by atoms with Crippen molar-refractivity contribution in [1.29, 1.82) is 0 Å². The van der Waals surface area contributed by atoms with Crippen molar-refractivity contribution in [3.8, 4) is 0 Å². The Morgan fingerprint density at radius 2 is 1.71 bits per heavy atom. The molecule has 1 aromatic carbocycles. The Morgan fingerprint density at radius 1 is 1.05 bits per heavy atom. The third kappa shape index (κ3) is 5.77. The average Bonchev–Trinajstić information content (AvgIpc) is 2.48. The van der Waals surface area contributed by atoms with E-state index in [1.54, 1.807) is 0 Å². The van der Waals surface area contributed by atoms with Gasteiger partial charge in [-0.25, -0.2) is 0 Å². The van der Waals surface area contributed by atoms with E-state index in [2.05, 4.69) is 60.2 Å². The van der Waals surface area contributed by atoms with Crippen molar-refractivity contribution in [3.05, 3.63) is 35.4 Å². The molecule has 0 spiro atoms. The molecule has 118 valence electrons. The number of benzene rings is 1. The van der Waals surface area contributed by atoms with Gasteiger partial charge in [-0.2, -0.15) is 0 Å². The maximum Gasteiger partial charge on any atom is 0.0234 e. The lowest BCUT2D eigenvalue weighted by molar-refractivity contribution is 0.132. The van der Waals surface area contributed by atoms with Crippen LogP contribution in [0.1, 0.15) is 31.9 Å². The standard InChI is InChI=1S/C18H31N3/c1-4-20-8-10-21(11-9-20)15-18-7-5-6-17(12-18)14-19-13-16(2)3/h5-7,12,16,19H,4,8-11,13-15H2,1-3H3. The zero-order valence-electron chi connectivity index (χ0n) is 13.9. The molecule has 0 aromatic heterocycles. The lowest BCUT2D eigenvalue weighted by Crippen LogP contribution is -2.45. The summed E-state index contributed by atoms with van der Waals surface area (Å²) in [5.41, 5.74) is 2.85. The normalized spacial score (nSPS) is 17.5. The Morgan fingerprint density at radius 3 is 2.38 bits per heavy atom. The van der Waals surface area contributed by atoms with E-state index in [1.807, 2.05) is 0 Å². The maximum atomic E-state index is 3.53. The van der Waals surface area contributed by atoms with Gasteiger partial charge in [-0.3, -0.25) is 4.90 Å². The van der Waals surface area contributed by atoms with Crippen molar-refractivity contribution in [1.82, 2.24) is 15.1 Å². The van der Waals surface area contributed by atoms with Gasteiger partial charge in [-0.15, -0.1) is 0 Å². The molecule has 0 aliphatic carbocycles. The quantitative estimate of drug-likeness (QED) is 0.832. The molecule has 0 amide bonds. The fraction of sp³-hybridized carbons (Fsp3) is 0.667. The fourth-order valence-corrected chi connectivity index (χ4v) is 2.86. The van der Waals surface area contributed by atoms with E-state index in [0.29, 0.717) is 5.92 Å². The molecular formula is C18H31N3. The van der Waals surface area contributed by atoms with Gasteiger partial charge in [0.1, 0.15) is 0 Å². The largest absolute Gasteiger partial charge is 0.312 e. The topological polar surface area (TPSA) is 18.5 Å². The summed E-state index contributed by atoms with van der Waals surface area (Å²) in [6.45, 7) is 15.9. The number of piperazine rings is 1. The zero-order valence-corrected chi connectivity index (χ0v) is 13.9. The van der Waals surface area contributed by atoms with Crippen LogP contribution in [0, 0.1) is 5.92 Å². The number of nitrogens with one attached hydrogen (secondary N) is 1. The highest BCUT2D eigenvalue weighted by Gasteiger charge is 2.15. The van der Waals surface area contributed by atoms with Crippen LogP contribution in [0.4, 0.5) is 0 Å². The van der Waals surface area contributed by atoms with Gasteiger partial charge in [-0.1, -0.05) is 45.0 Å².